The normalized spacial score (nSPS) is 11.4. The Morgan fingerprint density at radius 1 is 1.25 bits per heavy atom. The number of hydrogen-bond donors (Lipinski definition) is 1. The number of methoxy groups -OCH3 is 1. The molecule has 4 nitrogen and oxygen atoms in total. The highest BCUT2D eigenvalue weighted by molar-refractivity contribution is 5.72. The topological polar surface area (TPSA) is 47.6 Å². The Balaban J connectivity index is 2.57. The number of carbonyl (C=O) groups excluding carboxylic acids is 1. The number of esters is 1. The molecule has 0 atom stereocenters. The fourth-order valence-electron chi connectivity index (χ4n) is 2.07. The van der Waals surface area contributed by atoms with E-state index in [4.69, 9.17) is 9.47 Å². The van der Waals surface area contributed by atoms with Crippen molar-refractivity contribution in [1.29, 1.82) is 0 Å². The molecule has 0 aliphatic rings. The molecule has 20 heavy (non-hydrogen) atoms. The van der Waals surface area contributed by atoms with Gasteiger partial charge in [0.15, 0.2) is 0 Å². The van der Waals surface area contributed by atoms with Gasteiger partial charge in [0.1, 0.15) is 0 Å². The smallest absolute Gasteiger partial charge is 0.309 e. The molecule has 0 aromatic heterocycles. The van der Waals surface area contributed by atoms with Crippen molar-refractivity contribution in [3.05, 3.63) is 35.4 Å². The van der Waals surface area contributed by atoms with Gasteiger partial charge in [0, 0.05) is 19.7 Å². The van der Waals surface area contributed by atoms with Gasteiger partial charge in [0.05, 0.1) is 19.1 Å². The zero-order valence-corrected chi connectivity index (χ0v) is 12.9. The van der Waals surface area contributed by atoms with E-state index in [0.717, 1.165) is 17.7 Å². The van der Waals surface area contributed by atoms with Crippen molar-refractivity contribution in [3.8, 4) is 0 Å². The lowest BCUT2D eigenvalue weighted by Gasteiger charge is -2.25. The monoisotopic (exact) mass is 279 g/mol. The molecule has 4 heteroatoms. The van der Waals surface area contributed by atoms with Crippen LogP contribution >= 0.6 is 0 Å². The predicted molar refractivity (Wildman–Crippen MR) is 79.6 cm³/mol. The zero-order valence-electron chi connectivity index (χ0n) is 12.9. The van der Waals surface area contributed by atoms with Gasteiger partial charge in [-0.25, -0.2) is 0 Å². The summed E-state index contributed by atoms with van der Waals surface area (Å²) in [5.74, 6) is -0.216. The summed E-state index contributed by atoms with van der Waals surface area (Å²) >= 11 is 0. The zero-order chi connectivity index (χ0) is 15.0. The molecule has 0 saturated heterocycles. The van der Waals surface area contributed by atoms with Gasteiger partial charge in [-0.15, -0.1) is 0 Å². The fourth-order valence-corrected chi connectivity index (χ4v) is 2.07. The molecule has 0 unspecified atom stereocenters. The number of benzene rings is 1. The van der Waals surface area contributed by atoms with Crippen LogP contribution in [0.15, 0.2) is 24.3 Å². The first-order valence-electron chi connectivity index (χ1n) is 6.97. The minimum absolute atomic E-state index is 0.188. The third-order valence-electron chi connectivity index (χ3n) is 3.08. The summed E-state index contributed by atoms with van der Waals surface area (Å²) in [5, 5.41) is 3.38. The Morgan fingerprint density at radius 2 is 1.90 bits per heavy atom. The van der Waals surface area contributed by atoms with Crippen molar-refractivity contribution in [2.45, 2.75) is 39.3 Å². The summed E-state index contributed by atoms with van der Waals surface area (Å²) < 4.78 is 10.4. The standard InChI is InChI=1S/C16H25NO3/c1-5-20-16(2,3)12-17-11-14-9-7-6-8-13(14)10-15(18)19-4/h6-9,17H,5,10-12H2,1-4H3. The highest BCUT2D eigenvalue weighted by Crippen LogP contribution is 2.12. The van der Waals surface area contributed by atoms with Gasteiger partial charge in [-0.3, -0.25) is 4.79 Å². The van der Waals surface area contributed by atoms with Gasteiger partial charge in [0.2, 0.25) is 0 Å². The van der Waals surface area contributed by atoms with Gasteiger partial charge in [-0.05, 0) is 31.9 Å². The number of rotatable bonds is 8. The first-order valence-corrected chi connectivity index (χ1v) is 6.97. The van der Waals surface area contributed by atoms with Crippen LogP contribution < -0.4 is 5.32 Å². The van der Waals surface area contributed by atoms with Crippen LogP contribution in [-0.2, 0) is 27.2 Å². The van der Waals surface area contributed by atoms with Crippen molar-refractivity contribution in [3.63, 3.8) is 0 Å². The minimum atomic E-state index is -0.216. The Morgan fingerprint density at radius 3 is 2.50 bits per heavy atom. The van der Waals surface area contributed by atoms with Crippen LogP contribution in [0.4, 0.5) is 0 Å². The maximum atomic E-state index is 11.4. The Labute approximate surface area is 121 Å². The Bertz CT molecular complexity index is 429. The molecular weight excluding hydrogens is 254 g/mol. The van der Waals surface area contributed by atoms with Crippen molar-refractivity contribution in [2.75, 3.05) is 20.3 Å². The summed E-state index contributed by atoms with van der Waals surface area (Å²) in [6.07, 6.45) is 0.309. The van der Waals surface area contributed by atoms with Gasteiger partial charge in [-0.2, -0.15) is 0 Å². The van der Waals surface area contributed by atoms with Crippen molar-refractivity contribution < 1.29 is 14.3 Å². The van der Waals surface area contributed by atoms with E-state index in [0.29, 0.717) is 19.6 Å². The molecule has 0 saturated carbocycles. The highest BCUT2D eigenvalue weighted by atomic mass is 16.5. The molecule has 0 fully saturated rings. The second kappa shape index (κ2) is 8.02. The summed E-state index contributed by atoms with van der Waals surface area (Å²) in [5.41, 5.74) is 1.93. The molecule has 0 aliphatic heterocycles. The van der Waals surface area contributed by atoms with E-state index in [1.54, 1.807) is 0 Å². The quantitative estimate of drug-likeness (QED) is 0.742. The second-order valence-electron chi connectivity index (χ2n) is 5.32. The number of nitrogens with one attached hydrogen (secondary N) is 1. The Kier molecular flexibility index (Phi) is 6.68. The molecule has 0 bridgehead atoms. The van der Waals surface area contributed by atoms with E-state index in [-0.39, 0.29) is 11.6 Å². The lowest BCUT2D eigenvalue weighted by atomic mass is 10.0. The minimum Gasteiger partial charge on any atom is -0.469 e. The SMILES string of the molecule is CCOC(C)(C)CNCc1ccccc1CC(=O)OC. The summed E-state index contributed by atoms with van der Waals surface area (Å²) in [4.78, 5) is 11.4. The van der Waals surface area contributed by atoms with Crippen LogP contribution in [-0.4, -0.2) is 31.8 Å². The number of hydrogen-bond acceptors (Lipinski definition) is 4. The lowest BCUT2D eigenvalue weighted by molar-refractivity contribution is -0.139. The van der Waals surface area contributed by atoms with E-state index in [1.807, 2.05) is 31.2 Å². The van der Waals surface area contributed by atoms with Crippen molar-refractivity contribution in [2.24, 2.45) is 0 Å². The molecule has 0 aliphatic carbocycles. The van der Waals surface area contributed by atoms with Crippen molar-refractivity contribution >= 4 is 5.97 Å². The van der Waals surface area contributed by atoms with Crippen LogP contribution in [0.3, 0.4) is 0 Å². The van der Waals surface area contributed by atoms with Gasteiger partial charge < -0.3 is 14.8 Å². The number of ether oxygens (including phenoxy) is 2. The third-order valence-corrected chi connectivity index (χ3v) is 3.08. The average molecular weight is 279 g/mol. The third kappa shape index (κ3) is 5.72. The van der Waals surface area contributed by atoms with E-state index in [2.05, 4.69) is 19.2 Å². The molecule has 0 spiro atoms. The average Bonchev–Trinajstić information content (AvgIpc) is 2.40. The first-order chi connectivity index (χ1) is 9.48. The van der Waals surface area contributed by atoms with Gasteiger partial charge in [0.25, 0.3) is 0 Å². The van der Waals surface area contributed by atoms with Crippen LogP contribution in [0.5, 0.6) is 0 Å². The van der Waals surface area contributed by atoms with Gasteiger partial charge in [-0.1, -0.05) is 24.3 Å². The molecular formula is C16H25NO3. The van der Waals surface area contributed by atoms with Crippen LogP contribution in [0.25, 0.3) is 0 Å². The summed E-state index contributed by atoms with van der Waals surface area (Å²) in [6, 6.07) is 7.90. The summed E-state index contributed by atoms with van der Waals surface area (Å²) in [6.45, 7) is 8.28. The molecule has 112 valence electrons. The molecule has 1 N–H and O–H groups in total. The van der Waals surface area contributed by atoms with E-state index < -0.39 is 0 Å². The molecule has 0 amide bonds. The molecule has 1 aromatic carbocycles. The highest BCUT2D eigenvalue weighted by Gasteiger charge is 2.17. The molecule has 1 aromatic rings. The van der Waals surface area contributed by atoms with Crippen LogP contribution in [0, 0.1) is 0 Å². The van der Waals surface area contributed by atoms with Gasteiger partial charge >= 0.3 is 5.97 Å². The fraction of sp³-hybridized carbons (Fsp3) is 0.562. The molecule has 0 radical (unpaired) electrons. The lowest BCUT2D eigenvalue weighted by Crippen LogP contribution is -2.37. The summed E-state index contributed by atoms with van der Waals surface area (Å²) in [7, 11) is 1.41. The van der Waals surface area contributed by atoms with E-state index in [1.165, 1.54) is 7.11 Å². The van der Waals surface area contributed by atoms with Crippen molar-refractivity contribution in [1.82, 2.24) is 5.32 Å². The Hall–Kier alpha value is -1.39. The van der Waals surface area contributed by atoms with E-state index >= 15 is 0 Å². The number of carbonyl (C=O) groups is 1. The van der Waals surface area contributed by atoms with Crippen LogP contribution in [0.2, 0.25) is 0 Å². The predicted octanol–water partition coefficient (Wildman–Crippen LogP) is 2.31. The molecule has 0 heterocycles. The largest absolute Gasteiger partial charge is 0.469 e. The first kappa shape index (κ1) is 16.7. The van der Waals surface area contributed by atoms with Crippen LogP contribution in [0.1, 0.15) is 31.9 Å². The maximum Gasteiger partial charge on any atom is 0.309 e. The second-order valence-corrected chi connectivity index (χ2v) is 5.32. The molecule has 1 rings (SSSR count). The maximum absolute atomic E-state index is 11.4. The van der Waals surface area contributed by atoms with E-state index in [9.17, 15) is 4.79 Å².